The molecule has 0 saturated heterocycles. The fourth-order valence-electron chi connectivity index (χ4n) is 1.07. The molecule has 1 rings (SSSR count). The molecule has 2 nitrogen and oxygen atoms in total. The van der Waals surface area contributed by atoms with Crippen LogP contribution in [0.15, 0.2) is 18.2 Å². The van der Waals surface area contributed by atoms with Crippen LogP contribution < -0.4 is 4.74 Å². The Labute approximate surface area is 85.5 Å². The lowest BCUT2D eigenvalue weighted by atomic mass is 10.1. The third-order valence-electron chi connectivity index (χ3n) is 1.90. The summed E-state index contributed by atoms with van der Waals surface area (Å²) >= 11 is 0. The van der Waals surface area contributed by atoms with Gasteiger partial charge in [-0.05, 0) is 44.5 Å². The molecule has 0 atom stereocenters. The second-order valence-electron chi connectivity index (χ2n) is 4.12. The van der Waals surface area contributed by atoms with E-state index in [1.165, 1.54) is 0 Å². The van der Waals surface area contributed by atoms with Crippen LogP contribution in [-0.2, 0) is 0 Å². The van der Waals surface area contributed by atoms with Gasteiger partial charge in [-0.2, -0.15) is 0 Å². The fraction of sp³-hybridized carbons (Fsp3) is 0.500. The lowest BCUT2D eigenvalue weighted by Gasteiger charge is -2.17. The minimum atomic E-state index is -0.657. The highest BCUT2D eigenvalue weighted by Gasteiger charge is 2.11. The first kappa shape index (κ1) is 11.1. The first-order valence-electron chi connectivity index (χ1n) is 4.81. The average Bonchev–Trinajstić information content (AvgIpc) is 2.01. The quantitative estimate of drug-likeness (QED) is 0.795. The Kier molecular flexibility index (Phi) is 3.53. The minimum Gasteiger partial charge on any atom is -0.493 e. The summed E-state index contributed by atoms with van der Waals surface area (Å²) in [4.78, 5) is 0. The van der Waals surface area contributed by atoms with E-state index in [1.54, 1.807) is 13.8 Å². The normalized spacial score (nSPS) is 11.4. The van der Waals surface area contributed by atoms with Crippen LogP contribution in [0.5, 0.6) is 5.75 Å². The van der Waals surface area contributed by atoms with Crippen LogP contribution in [0.2, 0.25) is 0 Å². The molecule has 0 aliphatic rings. The summed E-state index contributed by atoms with van der Waals surface area (Å²) in [5, 5.41) is 9.46. The summed E-state index contributed by atoms with van der Waals surface area (Å²) in [6, 6.07) is 8.70. The van der Waals surface area contributed by atoms with Crippen LogP contribution in [0.1, 0.15) is 25.8 Å². The van der Waals surface area contributed by atoms with Crippen LogP contribution in [0.4, 0.5) is 0 Å². The van der Waals surface area contributed by atoms with Crippen molar-refractivity contribution in [3.05, 3.63) is 29.8 Å². The van der Waals surface area contributed by atoms with Crippen LogP contribution in [0, 0.1) is 13.0 Å². The van der Waals surface area contributed by atoms with Gasteiger partial charge in [0.25, 0.3) is 0 Å². The lowest BCUT2D eigenvalue weighted by Crippen LogP contribution is -2.21. The second kappa shape index (κ2) is 4.47. The molecule has 0 bridgehead atoms. The van der Waals surface area contributed by atoms with Crippen molar-refractivity contribution in [3.63, 3.8) is 0 Å². The van der Waals surface area contributed by atoms with E-state index in [4.69, 9.17) is 4.74 Å². The zero-order valence-corrected chi connectivity index (χ0v) is 9.00. The molecule has 77 valence electrons. The summed E-state index contributed by atoms with van der Waals surface area (Å²) in [5.41, 5.74) is 0.404. The van der Waals surface area contributed by atoms with Crippen molar-refractivity contribution in [2.45, 2.75) is 32.8 Å². The Hall–Kier alpha value is -1.02. The maximum atomic E-state index is 9.46. The van der Waals surface area contributed by atoms with E-state index in [0.717, 1.165) is 11.3 Å². The van der Waals surface area contributed by atoms with Crippen LogP contribution >= 0.6 is 0 Å². The molecule has 0 saturated carbocycles. The molecule has 2 heteroatoms. The molecule has 1 aromatic rings. The average molecular weight is 193 g/mol. The molecule has 1 radical (unpaired) electrons. The summed E-state index contributed by atoms with van der Waals surface area (Å²) in [6.45, 7) is 6.07. The fourth-order valence-corrected chi connectivity index (χ4v) is 1.07. The van der Waals surface area contributed by atoms with Crippen molar-refractivity contribution in [1.29, 1.82) is 0 Å². The predicted octanol–water partition coefficient (Wildman–Crippen LogP) is 2.34. The van der Waals surface area contributed by atoms with Crippen molar-refractivity contribution >= 4 is 0 Å². The van der Waals surface area contributed by atoms with Crippen LogP contribution in [0.3, 0.4) is 0 Å². The van der Waals surface area contributed by atoms with Gasteiger partial charge in [0.1, 0.15) is 5.75 Å². The molecule has 0 heterocycles. The third-order valence-corrected chi connectivity index (χ3v) is 1.90. The lowest BCUT2D eigenvalue weighted by molar-refractivity contribution is 0.0553. The molecule has 0 amide bonds. The van der Waals surface area contributed by atoms with Gasteiger partial charge in [-0.1, -0.05) is 6.07 Å². The molecule has 1 N–H and O–H groups in total. The number of hydrogen-bond acceptors (Lipinski definition) is 2. The molecule has 0 aliphatic heterocycles. The summed E-state index contributed by atoms with van der Waals surface area (Å²) < 4.78 is 5.48. The summed E-state index contributed by atoms with van der Waals surface area (Å²) in [5.74, 6) is 0.838. The first-order chi connectivity index (χ1) is 6.47. The Balaban J connectivity index is 2.39. The van der Waals surface area contributed by atoms with Gasteiger partial charge in [0, 0.05) is 6.42 Å². The molecule has 1 aromatic carbocycles. The van der Waals surface area contributed by atoms with Gasteiger partial charge in [0.15, 0.2) is 0 Å². The number of rotatable bonds is 4. The molecule has 0 unspecified atom stereocenters. The van der Waals surface area contributed by atoms with Crippen molar-refractivity contribution in [2.24, 2.45) is 0 Å². The maximum Gasteiger partial charge on any atom is 0.119 e. The number of ether oxygens (including phenoxy) is 1. The van der Waals surface area contributed by atoms with Gasteiger partial charge < -0.3 is 9.84 Å². The first-order valence-corrected chi connectivity index (χ1v) is 4.81. The second-order valence-corrected chi connectivity index (χ2v) is 4.12. The Morgan fingerprint density at radius 1 is 1.50 bits per heavy atom. The number of aliphatic hydroxyl groups is 1. The van der Waals surface area contributed by atoms with Crippen molar-refractivity contribution in [3.8, 4) is 5.75 Å². The highest BCUT2D eigenvalue weighted by molar-refractivity contribution is 5.26. The standard InChI is InChI=1S/C12H17O2/c1-10-5-4-6-11(9-10)14-8-7-12(2,3)13/h4,6,9,13H,7-8H2,1-3H3. The Morgan fingerprint density at radius 3 is 2.79 bits per heavy atom. The zero-order valence-electron chi connectivity index (χ0n) is 9.00. The Bertz CT molecular complexity index is 287. The SMILES string of the molecule is Cc1[c]ccc(OCCC(C)(C)O)c1. The van der Waals surface area contributed by atoms with E-state index >= 15 is 0 Å². The maximum absolute atomic E-state index is 9.46. The van der Waals surface area contributed by atoms with E-state index in [9.17, 15) is 5.11 Å². The molecule has 0 aliphatic carbocycles. The van der Waals surface area contributed by atoms with E-state index < -0.39 is 5.60 Å². The van der Waals surface area contributed by atoms with E-state index in [0.29, 0.717) is 13.0 Å². The monoisotopic (exact) mass is 193 g/mol. The number of hydrogen-bond donors (Lipinski definition) is 1. The predicted molar refractivity (Wildman–Crippen MR) is 56.4 cm³/mol. The van der Waals surface area contributed by atoms with Gasteiger partial charge in [-0.3, -0.25) is 0 Å². The van der Waals surface area contributed by atoms with Crippen molar-refractivity contribution < 1.29 is 9.84 Å². The van der Waals surface area contributed by atoms with Gasteiger partial charge in [-0.15, -0.1) is 0 Å². The van der Waals surface area contributed by atoms with E-state index in [1.807, 2.05) is 25.1 Å². The number of benzene rings is 1. The smallest absolute Gasteiger partial charge is 0.119 e. The van der Waals surface area contributed by atoms with Gasteiger partial charge in [0.2, 0.25) is 0 Å². The third kappa shape index (κ3) is 4.28. The van der Waals surface area contributed by atoms with Crippen molar-refractivity contribution in [1.82, 2.24) is 0 Å². The molecular weight excluding hydrogens is 176 g/mol. The minimum absolute atomic E-state index is 0.535. The van der Waals surface area contributed by atoms with Crippen LogP contribution in [0.25, 0.3) is 0 Å². The Morgan fingerprint density at radius 2 is 2.21 bits per heavy atom. The molecule has 14 heavy (non-hydrogen) atoms. The number of aryl methyl sites for hydroxylation is 1. The highest BCUT2D eigenvalue weighted by atomic mass is 16.5. The van der Waals surface area contributed by atoms with Crippen LogP contribution in [-0.4, -0.2) is 17.3 Å². The van der Waals surface area contributed by atoms with Gasteiger partial charge in [0.05, 0.1) is 12.2 Å². The molecular formula is C12H17O2. The highest BCUT2D eigenvalue weighted by Crippen LogP contribution is 2.14. The van der Waals surface area contributed by atoms with Gasteiger partial charge in [-0.25, -0.2) is 0 Å². The van der Waals surface area contributed by atoms with E-state index in [2.05, 4.69) is 6.07 Å². The largest absolute Gasteiger partial charge is 0.493 e. The zero-order chi connectivity index (χ0) is 10.6. The molecule has 0 aromatic heterocycles. The summed E-state index contributed by atoms with van der Waals surface area (Å²) in [7, 11) is 0. The van der Waals surface area contributed by atoms with Crippen molar-refractivity contribution in [2.75, 3.05) is 6.61 Å². The molecule has 0 spiro atoms. The molecule has 0 fully saturated rings. The van der Waals surface area contributed by atoms with E-state index in [-0.39, 0.29) is 0 Å². The topological polar surface area (TPSA) is 29.5 Å². The summed E-state index contributed by atoms with van der Waals surface area (Å²) in [6.07, 6.45) is 0.630. The van der Waals surface area contributed by atoms with Gasteiger partial charge >= 0.3 is 0 Å².